The highest BCUT2D eigenvalue weighted by atomic mass is 79.9. The highest BCUT2D eigenvalue weighted by Crippen LogP contribution is 2.27. The van der Waals surface area contributed by atoms with Gasteiger partial charge in [-0.1, -0.05) is 15.9 Å². The molecule has 0 aliphatic rings. The molecule has 1 atom stereocenters. The van der Waals surface area contributed by atoms with E-state index >= 15 is 0 Å². The third-order valence-electron chi connectivity index (χ3n) is 2.48. The molecule has 1 aromatic rings. The van der Waals surface area contributed by atoms with Crippen molar-refractivity contribution in [2.24, 2.45) is 0 Å². The monoisotopic (exact) mass is 330 g/mol. The van der Waals surface area contributed by atoms with Gasteiger partial charge in [-0.15, -0.1) is 0 Å². The van der Waals surface area contributed by atoms with Gasteiger partial charge in [0.05, 0.1) is 6.61 Å². The van der Waals surface area contributed by atoms with Gasteiger partial charge in [0.2, 0.25) is 0 Å². The zero-order valence-corrected chi connectivity index (χ0v) is 12.0. The molecular formula is C13H15BrO5. The van der Waals surface area contributed by atoms with Crippen LogP contribution in [0.15, 0.2) is 18.2 Å². The van der Waals surface area contributed by atoms with Crippen molar-refractivity contribution < 1.29 is 24.5 Å². The molecule has 0 heterocycles. The van der Waals surface area contributed by atoms with Gasteiger partial charge in [0.25, 0.3) is 0 Å². The molecule has 1 aromatic carbocycles. The number of ether oxygens (including phenoxy) is 1. The molecule has 0 spiro atoms. The van der Waals surface area contributed by atoms with Crippen LogP contribution in [-0.4, -0.2) is 33.9 Å². The molecule has 19 heavy (non-hydrogen) atoms. The van der Waals surface area contributed by atoms with Crippen molar-refractivity contribution in [3.8, 4) is 5.75 Å². The van der Waals surface area contributed by atoms with Gasteiger partial charge in [-0.05, 0) is 25.1 Å². The van der Waals surface area contributed by atoms with Crippen LogP contribution in [0.5, 0.6) is 5.75 Å². The fourth-order valence-corrected chi connectivity index (χ4v) is 1.95. The Morgan fingerprint density at radius 2 is 2.11 bits per heavy atom. The molecule has 2 N–H and O–H groups in total. The van der Waals surface area contributed by atoms with Crippen molar-refractivity contribution in [1.82, 2.24) is 0 Å². The van der Waals surface area contributed by atoms with Gasteiger partial charge in [-0.3, -0.25) is 4.79 Å². The molecule has 0 aromatic heterocycles. The Hall–Kier alpha value is -1.40. The third-order valence-corrected chi connectivity index (χ3v) is 2.88. The van der Waals surface area contributed by atoms with Crippen LogP contribution >= 0.6 is 15.9 Å². The summed E-state index contributed by atoms with van der Waals surface area (Å²) in [6.07, 6.45) is -1.41. The van der Waals surface area contributed by atoms with Gasteiger partial charge in [-0.2, -0.15) is 0 Å². The van der Waals surface area contributed by atoms with Crippen LogP contribution < -0.4 is 4.74 Å². The SMILES string of the molecule is CCOc1ccc(C(=O)CCBr)cc1C(O)C(=O)O. The van der Waals surface area contributed by atoms with Gasteiger partial charge < -0.3 is 14.9 Å². The van der Waals surface area contributed by atoms with E-state index in [-0.39, 0.29) is 17.1 Å². The summed E-state index contributed by atoms with van der Waals surface area (Å²) in [7, 11) is 0. The molecule has 0 aliphatic carbocycles. The summed E-state index contributed by atoms with van der Waals surface area (Å²) in [6, 6.07) is 4.44. The fraction of sp³-hybridized carbons (Fsp3) is 0.385. The standard InChI is InChI=1S/C13H15BrO5/c1-2-19-11-4-3-8(10(15)5-6-14)7-9(11)12(16)13(17)18/h3-4,7,12,16H,2,5-6H2,1H3,(H,17,18). The van der Waals surface area contributed by atoms with Gasteiger partial charge in [0.1, 0.15) is 5.75 Å². The molecule has 1 unspecified atom stereocenters. The maximum atomic E-state index is 11.8. The van der Waals surface area contributed by atoms with Crippen molar-refractivity contribution >= 4 is 27.7 Å². The molecule has 0 radical (unpaired) electrons. The van der Waals surface area contributed by atoms with Crippen LogP contribution in [-0.2, 0) is 4.79 Å². The van der Waals surface area contributed by atoms with Gasteiger partial charge in [0, 0.05) is 22.9 Å². The first kappa shape index (κ1) is 15.7. The molecule has 0 aliphatic heterocycles. The highest BCUT2D eigenvalue weighted by Gasteiger charge is 2.22. The second kappa shape index (κ2) is 7.25. The number of carboxylic acids is 1. The number of halogens is 1. The van der Waals surface area contributed by atoms with E-state index in [1.807, 2.05) is 0 Å². The predicted molar refractivity (Wildman–Crippen MR) is 72.9 cm³/mol. The topological polar surface area (TPSA) is 83.8 Å². The van der Waals surface area contributed by atoms with Crippen molar-refractivity contribution in [1.29, 1.82) is 0 Å². The molecule has 5 nitrogen and oxygen atoms in total. The molecule has 0 amide bonds. The predicted octanol–water partition coefficient (Wildman–Crippen LogP) is 2.17. The Morgan fingerprint density at radius 3 is 2.63 bits per heavy atom. The van der Waals surface area contributed by atoms with Crippen molar-refractivity contribution in [2.75, 3.05) is 11.9 Å². The first-order valence-electron chi connectivity index (χ1n) is 5.78. The Labute approximate surface area is 119 Å². The van der Waals surface area contributed by atoms with Gasteiger partial charge in [-0.25, -0.2) is 4.79 Å². The third kappa shape index (κ3) is 4.04. The van der Waals surface area contributed by atoms with E-state index in [1.165, 1.54) is 12.1 Å². The summed E-state index contributed by atoms with van der Waals surface area (Å²) in [4.78, 5) is 22.6. The maximum Gasteiger partial charge on any atom is 0.337 e. The highest BCUT2D eigenvalue weighted by molar-refractivity contribution is 9.09. The van der Waals surface area contributed by atoms with Gasteiger partial charge >= 0.3 is 5.97 Å². The number of alkyl halides is 1. The number of ketones is 1. The zero-order valence-electron chi connectivity index (χ0n) is 10.4. The van der Waals surface area contributed by atoms with Crippen molar-refractivity contribution in [3.05, 3.63) is 29.3 Å². The molecule has 0 bridgehead atoms. The maximum absolute atomic E-state index is 11.8. The van der Waals surface area contributed by atoms with E-state index in [0.29, 0.717) is 23.9 Å². The first-order valence-corrected chi connectivity index (χ1v) is 6.90. The van der Waals surface area contributed by atoms with Gasteiger partial charge in [0.15, 0.2) is 11.9 Å². The second-order valence-electron chi connectivity index (χ2n) is 3.79. The zero-order chi connectivity index (χ0) is 14.4. The fourth-order valence-electron chi connectivity index (χ4n) is 1.59. The van der Waals surface area contributed by atoms with Crippen LogP contribution in [0.25, 0.3) is 0 Å². The Bertz CT molecular complexity index is 472. The quantitative estimate of drug-likeness (QED) is 0.591. The van der Waals surface area contributed by atoms with Crippen molar-refractivity contribution in [3.63, 3.8) is 0 Å². The number of carbonyl (C=O) groups excluding carboxylic acids is 1. The average molecular weight is 331 g/mol. The lowest BCUT2D eigenvalue weighted by atomic mass is 10.0. The number of Topliss-reactive ketones (excluding diaryl/α,β-unsaturated/α-hetero) is 1. The Kier molecular flexibility index (Phi) is 5.98. The minimum atomic E-state index is -1.71. The number of hydrogen-bond acceptors (Lipinski definition) is 4. The van der Waals surface area contributed by atoms with Crippen LogP contribution in [0.3, 0.4) is 0 Å². The number of carbonyl (C=O) groups is 2. The second-order valence-corrected chi connectivity index (χ2v) is 4.58. The minimum Gasteiger partial charge on any atom is -0.493 e. The van der Waals surface area contributed by atoms with Crippen LogP contribution in [0.4, 0.5) is 0 Å². The lowest BCUT2D eigenvalue weighted by molar-refractivity contribution is -0.147. The minimum absolute atomic E-state index is 0.0924. The molecule has 0 fully saturated rings. The Balaban J connectivity index is 3.17. The number of aliphatic carboxylic acids is 1. The Morgan fingerprint density at radius 1 is 1.42 bits per heavy atom. The van der Waals surface area contributed by atoms with E-state index in [4.69, 9.17) is 9.84 Å². The first-order chi connectivity index (χ1) is 9.01. The lowest BCUT2D eigenvalue weighted by Gasteiger charge is -2.14. The summed E-state index contributed by atoms with van der Waals surface area (Å²) in [5.74, 6) is -1.24. The molecule has 0 saturated carbocycles. The number of aliphatic hydroxyl groups is 1. The van der Waals surface area contributed by atoms with Crippen LogP contribution in [0, 0.1) is 0 Å². The van der Waals surface area contributed by atoms with Crippen molar-refractivity contribution in [2.45, 2.75) is 19.4 Å². The average Bonchev–Trinajstić information content (AvgIpc) is 2.38. The van der Waals surface area contributed by atoms with E-state index in [9.17, 15) is 14.7 Å². The van der Waals surface area contributed by atoms with E-state index in [0.717, 1.165) is 0 Å². The summed E-state index contributed by atoms with van der Waals surface area (Å²) in [5, 5.41) is 19.0. The summed E-state index contributed by atoms with van der Waals surface area (Å²) in [5.41, 5.74) is 0.452. The normalized spacial score (nSPS) is 11.9. The molecule has 104 valence electrons. The number of carboxylic acid groups (broad SMARTS) is 1. The smallest absolute Gasteiger partial charge is 0.337 e. The van der Waals surface area contributed by atoms with E-state index in [1.54, 1.807) is 13.0 Å². The molecule has 0 saturated heterocycles. The number of aliphatic hydroxyl groups excluding tert-OH is 1. The summed E-state index contributed by atoms with van der Waals surface area (Å²) < 4.78 is 5.26. The largest absolute Gasteiger partial charge is 0.493 e. The van der Waals surface area contributed by atoms with E-state index in [2.05, 4.69) is 15.9 Å². The number of benzene rings is 1. The summed E-state index contributed by atoms with van der Waals surface area (Å²) >= 11 is 3.17. The number of rotatable bonds is 7. The van der Waals surface area contributed by atoms with E-state index < -0.39 is 12.1 Å². The molecule has 6 heteroatoms. The summed E-state index contributed by atoms with van der Waals surface area (Å²) in [6.45, 7) is 2.09. The van der Waals surface area contributed by atoms with Crippen LogP contribution in [0.1, 0.15) is 35.4 Å². The molecular weight excluding hydrogens is 316 g/mol. The van der Waals surface area contributed by atoms with Crippen LogP contribution in [0.2, 0.25) is 0 Å². The lowest BCUT2D eigenvalue weighted by Crippen LogP contribution is -2.13. The number of hydrogen-bond donors (Lipinski definition) is 2. The molecule has 1 rings (SSSR count).